The maximum Gasteiger partial charge on any atom is 0.327 e. The Morgan fingerprint density at radius 1 is 0.839 bits per heavy atom. The van der Waals surface area contributed by atoms with Gasteiger partial charge in [0.25, 0.3) is 0 Å². The van der Waals surface area contributed by atoms with Gasteiger partial charge < -0.3 is 19.9 Å². The lowest BCUT2D eigenvalue weighted by atomic mass is 10.1. The van der Waals surface area contributed by atoms with Gasteiger partial charge in [0.05, 0.1) is 11.4 Å². The van der Waals surface area contributed by atoms with Crippen molar-refractivity contribution in [3.63, 3.8) is 0 Å². The minimum atomic E-state index is -0.349. The molecule has 0 atom stereocenters. The fraction of sp³-hybridized carbons (Fsp3) is 0.480. The summed E-state index contributed by atoms with van der Waals surface area (Å²) < 4.78 is 6.37. The van der Waals surface area contributed by atoms with E-state index in [-0.39, 0.29) is 11.6 Å². The lowest BCUT2D eigenvalue weighted by Crippen LogP contribution is -2.47. The van der Waals surface area contributed by atoms with Crippen molar-refractivity contribution in [3.05, 3.63) is 36.4 Å². The van der Waals surface area contributed by atoms with Gasteiger partial charge in [-0.05, 0) is 72.7 Å². The van der Waals surface area contributed by atoms with Gasteiger partial charge in [-0.2, -0.15) is 0 Å². The van der Waals surface area contributed by atoms with Crippen LogP contribution in [0, 0.1) is 0 Å². The highest BCUT2D eigenvalue weighted by Gasteiger charge is 2.32. The SMILES string of the molecule is CCN(CC)c1ccc2c(c1)Oc1cc(N(CC)CC)ccc1N2C(=O)NC(C)(C)C. The van der Waals surface area contributed by atoms with Crippen LogP contribution in [-0.4, -0.2) is 37.7 Å². The summed E-state index contributed by atoms with van der Waals surface area (Å²) >= 11 is 0. The van der Waals surface area contributed by atoms with Crippen LogP contribution in [0.2, 0.25) is 0 Å². The molecule has 6 heteroatoms. The molecular formula is C25H36N4O2. The third kappa shape index (κ3) is 4.73. The van der Waals surface area contributed by atoms with E-state index in [1.54, 1.807) is 4.90 Å². The van der Waals surface area contributed by atoms with Crippen molar-refractivity contribution in [1.29, 1.82) is 0 Å². The third-order valence-electron chi connectivity index (χ3n) is 5.53. The molecule has 31 heavy (non-hydrogen) atoms. The van der Waals surface area contributed by atoms with E-state index in [9.17, 15) is 4.79 Å². The average molecular weight is 425 g/mol. The largest absolute Gasteiger partial charge is 0.453 e. The van der Waals surface area contributed by atoms with Crippen LogP contribution in [0.5, 0.6) is 11.5 Å². The van der Waals surface area contributed by atoms with Gasteiger partial charge in [-0.3, -0.25) is 4.90 Å². The molecule has 0 saturated heterocycles. The van der Waals surface area contributed by atoms with Gasteiger partial charge in [0.1, 0.15) is 0 Å². The topological polar surface area (TPSA) is 48.1 Å². The number of hydrogen-bond donors (Lipinski definition) is 1. The number of nitrogens with zero attached hydrogens (tertiary/aromatic N) is 3. The zero-order valence-corrected chi connectivity index (χ0v) is 20.0. The van der Waals surface area contributed by atoms with Crippen molar-refractivity contribution < 1.29 is 9.53 Å². The van der Waals surface area contributed by atoms with E-state index in [1.165, 1.54) is 0 Å². The number of ether oxygens (including phenoxy) is 1. The number of hydrogen-bond acceptors (Lipinski definition) is 4. The van der Waals surface area contributed by atoms with E-state index < -0.39 is 0 Å². The van der Waals surface area contributed by atoms with Gasteiger partial charge in [0.15, 0.2) is 11.5 Å². The molecule has 2 aromatic rings. The van der Waals surface area contributed by atoms with E-state index >= 15 is 0 Å². The second kappa shape index (κ2) is 9.08. The molecule has 1 aliphatic rings. The fourth-order valence-electron chi connectivity index (χ4n) is 3.95. The Bertz CT molecular complexity index is 866. The fourth-order valence-corrected chi connectivity index (χ4v) is 3.95. The molecule has 0 bridgehead atoms. The Morgan fingerprint density at radius 2 is 1.26 bits per heavy atom. The standard InChI is InChI=1S/C25H36N4O2/c1-8-27(9-2)18-12-14-20-22(16-18)31-23-17-19(28(10-3)11-4)13-15-21(23)29(20)24(30)26-25(5,6)7/h12-17H,8-11H2,1-7H3,(H,26,30). The van der Waals surface area contributed by atoms with Crippen LogP contribution in [0.1, 0.15) is 48.5 Å². The van der Waals surface area contributed by atoms with E-state index in [0.717, 1.165) is 48.9 Å². The molecule has 0 radical (unpaired) electrons. The van der Waals surface area contributed by atoms with Crippen molar-refractivity contribution in [2.75, 3.05) is 40.9 Å². The number of benzene rings is 2. The molecule has 3 rings (SSSR count). The molecule has 1 aliphatic heterocycles. The number of urea groups is 1. The van der Waals surface area contributed by atoms with Gasteiger partial charge in [0.2, 0.25) is 0 Å². The average Bonchev–Trinajstić information content (AvgIpc) is 2.72. The summed E-state index contributed by atoms with van der Waals surface area (Å²) in [6, 6.07) is 12.0. The van der Waals surface area contributed by atoms with Crippen LogP contribution < -0.4 is 24.8 Å². The molecular weight excluding hydrogens is 388 g/mol. The molecule has 0 unspecified atom stereocenters. The highest BCUT2D eigenvalue weighted by molar-refractivity contribution is 6.04. The van der Waals surface area contributed by atoms with Crippen molar-refractivity contribution >= 4 is 28.8 Å². The first-order valence-corrected chi connectivity index (χ1v) is 11.3. The molecule has 0 aliphatic carbocycles. The van der Waals surface area contributed by atoms with Crippen molar-refractivity contribution in [1.82, 2.24) is 5.32 Å². The summed E-state index contributed by atoms with van der Waals surface area (Å²) in [6.07, 6.45) is 0. The Balaban J connectivity index is 2.11. The summed E-state index contributed by atoms with van der Waals surface area (Å²) in [5, 5.41) is 3.10. The second-order valence-corrected chi connectivity index (χ2v) is 8.77. The minimum absolute atomic E-state index is 0.163. The Kier molecular flexibility index (Phi) is 6.68. The number of fused-ring (bicyclic) bond motifs is 2. The molecule has 0 saturated carbocycles. The van der Waals surface area contributed by atoms with Gasteiger partial charge in [-0.25, -0.2) is 4.79 Å². The predicted octanol–water partition coefficient (Wildman–Crippen LogP) is 6.13. The first-order chi connectivity index (χ1) is 14.7. The maximum absolute atomic E-state index is 13.3. The van der Waals surface area contributed by atoms with Gasteiger partial charge in [-0.1, -0.05) is 0 Å². The lowest BCUT2D eigenvalue weighted by molar-refractivity contribution is 0.239. The number of carbonyl (C=O) groups is 1. The molecule has 0 aromatic heterocycles. The second-order valence-electron chi connectivity index (χ2n) is 8.77. The molecule has 1 heterocycles. The summed E-state index contributed by atoms with van der Waals surface area (Å²) in [5.41, 5.74) is 3.32. The zero-order valence-electron chi connectivity index (χ0n) is 20.0. The quantitative estimate of drug-likeness (QED) is 0.606. The van der Waals surface area contributed by atoms with Crippen LogP contribution in [0.4, 0.5) is 27.5 Å². The van der Waals surface area contributed by atoms with Crippen LogP contribution in [0.15, 0.2) is 36.4 Å². The number of carbonyl (C=O) groups excluding carboxylic acids is 1. The number of nitrogens with one attached hydrogen (secondary N) is 1. The van der Waals surface area contributed by atoms with Gasteiger partial charge in [0, 0.05) is 55.2 Å². The van der Waals surface area contributed by atoms with Crippen LogP contribution in [0.3, 0.4) is 0 Å². The molecule has 2 amide bonds. The summed E-state index contributed by atoms with van der Waals surface area (Å²) in [4.78, 5) is 19.6. The molecule has 0 spiro atoms. The first kappa shape index (κ1) is 22.8. The molecule has 6 nitrogen and oxygen atoms in total. The van der Waals surface area contributed by atoms with Crippen LogP contribution in [0.25, 0.3) is 0 Å². The van der Waals surface area contributed by atoms with Crippen LogP contribution >= 0.6 is 0 Å². The van der Waals surface area contributed by atoms with Crippen LogP contribution in [-0.2, 0) is 0 Å². The summed E-state index contributed by atoms with van der Waals surface area (Å²) in [6.45, 7) is 18.1. The first-order valence-electron chi connectivity index (χ1n) is 11.3. The highest BCUT2D eigenvalue weighted by atomic mass is 16.5. The molecule has 2 aromatic carbocycles. The minimum Gasteiger partial charge on any atom is -0.453 e. The summed E-state index contributed by atoms with van der Waals surface area (Å²) in [7, 11) is 0. The summed E-state index contributed by atoms with van der Waals surface area (Å²) in [5.74, 6) is 1.38. The smallest absolute Gasteiger partial charge is 0.327 e. The normalized spacial score (nSPS) is 12.5. The Hall–Kier alpha value is -2.89. The van der Waals surface area contributed by atoms with Crippen molar-refractivity contribution in [3.8, 4) is 11.5 Å². The highest BCUT2D eigenvalue weighted by Crippen LogP contribution is 2.49. The van der Waals surface area contributed by atoms with Crippen molar-refractivity contribution in [2.24, 2.45) is 0 Å². The van der Waals surface area contributed by atoms with E-state index in [0.29, 0.717) is 11.5 Å². The van der Waals surface area contributed by atoms with E-state index in [1.807, 2.05) is 45.0 Å². The predicted molar refractivity (Wildman–Crippen MR) is 131 cm³/mol. The van der Waals surface area contributed by atoms with E-state index in [4.69, 9.17) is 4.74 Å². The number of amides is 2. The Morgan fingerprint density at radius 3 is 1.61 bits per heavy atom. The lowest BCUT2D eigenvalue weighted by Gasteiger charge is -2.35. The number of anilines is 4. The zero-order chi connectivity index (χ0) is 22.8. The van der Waals surface area contributed by atoms with Gasteiger partial charge in [-0.15, -0.1) is 0 Å². The number of rotatable bonds is 6. The molecule has 0 fully saturated rings. The molecule has 168 valence electrons. The Labute approximate surface area is 186 Å². The third-order valence-corrected chi connectivity index (χ3v) is 5.53. The van der Waals surface area contributed by atoms with Crippen molar-refractivity contribution in [2.45, 2.75) is 54.0 Å². The van der Waals surface area contributed by atoms with Gasteiger partial charge >= 0.3 is 6.03 Å². The maximum atomic E-state index is 13.3. The van der Waals surface area contributed by atoms with E-state index in [2.05, 4.69) is 54.9 Å². The monoisotopic (exact) mass is 424 g/mol. The molecule has 1 N–H and O–H groups in total.